The second-order valence-electron chi connectivity index (χ2n) is 5.85. The summed E-state index contributed by atoms with van der Waals surface area (Å²) in [5, 5.41) is 10.8. The Balaban J connectivity index is 1.93. The summed E-state index contributed by atoms with van der Waals surface area (Å²) in [6.07, 6.45) is 2.14. The fourth-order valence-corrected chi connectivity index (χ4v) is 2.73. The first-order valence-electron chi connectivity index (χ1n) is 7.73. The molecule has 1 amide bonds. The van der Waals surface area contributed by atoms with Gasteiger partial charge < -0.3 is 14.1 Å². The standard InChI is InChI=1S/C17H18N2O5/c1-11(12-3-4-12)18(13-5-7-14(23-2)8-6-13)17(20)15-9-10-16(24-15)19(21)22/h5-12H,3-4H2,1-2H3/t11-/m1/s1. The van der Waals surface area contributed by atoms with Gasteiger partial charge in [-0.25, -0.2) is 0 Å². The number of benzene rings is 1. The van der Waals surface area contributed by atoms with E-state index in [1.807, 2.05) is 6.92 Å². The Kier molecular flexibility index (Phi) is 4.24. The average molecular weight is 330 g/mol. The van der Waals surface area contributed by atoms with Crippen LogP contribution in [0, 0.1) is 16.0 Å². The van der Waals surface area contributed by atoms with Crippen LogP contribution in [0.1, 0.15) is 30.3 Å². The highest BCUT2D eigenvalue weighted by molar-refractivity contribution is 6.04. The molecule has 1 fully saturated rings. The van der Waals surface area contributed by atoms with Gasteiger partial charge in [0.1, 0.15) is 10.7 Å². The number of anilines is 1. The molecule has 0 saturated heterocycles. The molecule has 3 rings (SSSR count). The normalized spacial score (nSPS) is 14.9. The molecule has 7 nitrogen and oxygen atoms in total. The van der Waals surface area contributed by atoms with Crippen molar-refractivity contribution in [2.75, 3.05) is 12.0 Å². The molecule has 0 spiro atoms. The molecule has 1 saturated carbocycles. The molecule has 0 N–H and O–H groups in total. The van der Waals surface area contributed by atoms with Gasteiger partial charge in [-0.2, -0.15) is 0 Å². The number of nitro groups is 1. The van der Waals surface area contributed by atoms with E-state index < -0.39 is 10.8 Å². The lowest BCUT2D eigenvalue weighted by Crippen LogP contribution is -2.40. The summed E-state index contributed by atoms with van der Waals surface area (Å²) >= 11 is 0. The number of methoxy groups -OCH3 is 1. The Morgan fingerprint density at radius 1 is 1.29 bits per heavy atom. The lowest BCUT2D eigenvalue weighted by Gasteiger charge is -2.28. The van der Waals surface area contributed by atoms with E-state index in [2.05, 4.69) is 0 Å². The summed E-state index contributed by atoms with van der Waals surface area (Å²) in [6.45, 7) is 1.98. The minimum Gasteiger partial charge on any atom is -0.497 e. The molecule has 0 bridgehead atoms. The third-order valence-corrected chi connectivity index (χ3v) is 4.26. The van der Waals surface area contributed by atoms with Crippen molar-refractivity contribution in [3.63, 3.8) is 0 Å². The molecule has 24 heavy (non-hydrogen) atoms. The van der Waals surface area contributed by atoms with Gasteiger partial charge in [0.25, 0.3) is 5.91 Å². The lowest BCUT2D eigenvalue weighted by atomic mass is 10.1. The summed E-state index contributed by atoms with van der Waals surface area (Å²) in [6, 6.07) is 9.67. The van der Waals surface area contributed by atoms with Gasteiger partial charge >= 0.3 is 5.88 Å². The number of rotatable bonds is 6. The molecular formula is C17H18N2O5. The van der Waals surface area contributed by atoms with Crippen LogP contribution in [-0.2, 0) is 0 Å². The quantitative estimate of drug-likeness (QED) is 0.596. The van der Waals surface area contributed by atoms with Crippen LogP contribution in [0.2, 0.25) is 0 Å². The highest BCUT2D eigenvalue weighted by Gasteiger charge is 2.36. The number of carbonyl (C=O) groups excluding carboxylic acids is 1. The highest BCUT2D eigenvalue weighted by Crippen LogP contribution is 2.38. The van der Waals surface area contributed by atoms with Crippen LogP contribution < -0.4 is 9.64 Å². The summed E-state index contributed by atoms with van der Waals surface area (Å²) < 4.78 is 10.2. The smallest absolute Gasteiger partial charge is 0.433 e. The molecule has 2 aromatic rings. The first kappa shape index (κ1) is 16.0. The lowest BCUT2D eigenvalue weighted by molar-refractivity contribution is -0.402. The van der Waals surface area contributed by atoms with E-state index in [4.69, 9.17) is 9.15 Å². The van der Waals surface area contributed by atoms with E-state index in [1.165, 1.54) is 12.1 Å². The van der Waals surface area contributed by atoms with Crippen molar-refractivity contribution in [1.82, 2.24) is 0 Å². The van der Waals surface area contributed by atoms with Gasteiger partial charge in [-0.15, -0.1) is 0 Å². The summed E-state index contributed by atoms with van der Waals surface area (Å²) in [5.41, 5.74) is 0.708. The molecular weight excluding hydrogens is 312 g/mol. The number of amides is 1. The Bertz CT molecular complexity index is 749. The predicted octanol–water partition coefficient (Wildman–Crippen LogP) is 3.64. The molecule has 1 aliphatic carbocycles. The zero-order chi connectivity index (χ0) is 17.3. The van der Waals surface area contributed by atoms with Gasteiger partial charge in [0.05, 0.1) is 13.2 Å². The molecule has 0 aliphatic heterocycles. The first-order chi connectivity index (χ1) is 11.5. The largest absolute Gasteiger partial charge is 0.497 e. The second-order valence-corrected chi connectivity index (χ2v) is 5.85. The maximum absolute atomic E-state index is 12.9. The van der Waals surface area contributed by atoms with Gasteiger partial charge in [0.2, 0.25) is 0 Å². The number of furan rings is 1. The second kappa shape index (κ2) is 6.35. The van der Waals surface area contributed by atoms with Gasteiger partial charge in [0.15, 0.2) is 5.76 Å². The van der Waals surface area contributed by atoms with E-state index >= 15 is 0 Å². The molecule has 1 aromatic heterocycles. The molecule has 126 valence electrons. The maximum atomic E-state index is 12.9. The van der Waals surface area contributed by atoms with E-state index in [1.54, 1.807) is 36.3 Å². The Morgan fingerprint density at radius 3 is 2.46 bits per heavy atom. The monoisotopic (exact) mass is 330 g/mol. The van der Waals surface area contributed by atoms with Crippen molar-refractivity contribution >= 4 is 17.5 Å². The molecule has 7 heteroatoms. The number of hydrogen-bond acceptors (Lipinski definition) is 5. The molecule has 1 atom stereocenters. The third kappa shape index (κ3) is 3.10. The molecule has 1 aromatic carbocycles. The van der Waals surface area contributed by atoms with Crippen molar-refractivity contribution in [1.29, 1.82) is 0 Å². The van der Waals surface area contributed by atoms with Crippen LogP contribution in [0.4, 0.5) is 11.6 Å². The van der Waals surface area contributed by atoms with Crippen molar-refractivity contribution in [3.05, 3.63) is 52.3 Å². The molecule has 0 unspecified atom stereocenters. The van der Waals surface area contributed by atoms with Crippen molar-refractivity contribution in [3.8, 4) is 5.75 Å². The zero-order valence-corrected chi connectivity index (χ0v) is 13.5. The number of hydrogen-bond donors (Lipinski definition) is 0. The Morgan fingerprint density at radius 2 is 1.96 bits per heavy atom. The topological polar surface area (TPSA) is 85.8 Å². The van der Waals surface area contributed by atoms with E-state index in [9.17, 15) is 14.9 Å². The van der Waals surface area contributed by atoms with Crippen LogP contribution in [0.25, 0.3) is 0 Å². The Hall–Kier alpha value is -2.83. The van der Waals surface area contributed by atoms with Crippen LogP contribution in [0.15, 0.2) is 40.8 Å². The van der Waals surface area contributed by atoms with Crippen LogP contribution in [0.5, 0.6) is 5.75 Å². The fourth-order valence-electron chi connectivity index (χ4n) is 2.73. The van der Waals surface area contributed by atoms with Crippen molar-refractivity contribution in [2.45, 2.75) is 25.8 Å². The van der Waals surface area contributed by atoms with Crippen molar-refractivity contribution in [2.24, 2.45) is 5.92 Å². The number of ether oxygens (including phenoxy) is 1. The van der Waals surface area contributed by atoms with E-state index in [0.717, 1.165) is 12.8 Å². The van der Waals surface area contributed by atoms with Gasteiger partial charge in [-0.1, -0.05) is 0 Å². The van der Waals surface area contributed by atoms with E-state index in [-0.39, 0.29) is 17.7 Å². The van der Waals surface area contributed by atoms with Gasteiger partial charge in [-0.05, 0) is 56.0 Å². The number of carbonyl (C=O) groups is 1. The summed E-state index contributed by atoms with van der Waals surface area (Å²) in [5.74, 6) is 0.268. The highest BCUT2D eigenvalue weighted by atomic mass is 16.6. The van der Waals surface area contributed by atoms with Gasteiger partial charge in [-0.3, -0.25) is 14.9 Å². The minimum absolute atomic E-state index is 0.0185. The third-order valence-electron chi connectivity index (χ3n) is 4.26. The minimum atomic E-state index is -0.654. The van der Waals surface area contributed by atoms with Crippen LogP contribution in [-0.4, -0.2) is 24.0 Å². The maximum Gasteiger partial charge on any atom is 0.433 e. The molecule has 1 heterocycles. The molecule has 0 radical (unpaired) electrons. The molecule has 1 aliphatic rings. The summed E-state index contributed by atoms with van der Waals surface area (Å²) in [7, 11) is 1.58. The predicted molar refractivity (Wildman–Crippen MR) is 87.4 cm³/mol. The van der Waals surface area contributed by atoms with E-state index in [0.29, 0.717) is 17.4 Å². The summed E-state index contributed by atoms with van der Waals surface area (Å²) in [4.78, 5) is 24.6. The zero-order valence-electron chi connectivity index (χ0n) is 13.5. The average Bonchev–Trinajstić information content (AvgIpc) is 3.31. The Labute approximate surface area is 139 Å². The van der Waals surface area contributed by atoms with Crippen LogP contribution in [0.3, 0.4) is 0 Å². The van der Waals surface area contributed by atoms with Crippen molar-refractivity contribution < 1.29 is 18.9 Å². The van der Waals surface area contributed by atoms with Gasteiger partial charge in [0, 0.05) is 11.7 Å². The van der Waals surface area contributed by atoms with Crippen LogP contribution >= 0.6 is 0 Å². The fraction of sp³-hybridized carbons (Fsp3) is 0.353. The SMILES string of the molecule is COc1ccc(N(C(=O)c2ccc([N+](=O)[O-])o2)[C@H](C)C2CC2)cc1. The number of nitrogens with zero attached hydrogens (tertiary/aromatic N) is 2. The first-order valence-corrected chi connectivity index (χ1v) is 7.73.